The number of amides is 1. The molecule has 0 radical (unpaired) electrons. The number of alkyl halides is 1. The number of hydrogen-bond donors (Lipinski definition) is 1. The maximum absolute atomic E-state index is 11.9. The van der Waals surface area contributed by atoms with Crippen molar-refractivity contribution in [2.24, 2.45) is 5.92 Å². The Balaban J connectivity index is 2.44. The van der Waals surface area contributed by atoms with Gasteiger partial charge in [-0.3, -0.25) is 4.79 Å². The molecule has 1 atom stereocenters. The minimum atomic E-state index is -0.0343. The summed E-state index contributed by atoms with van der Waals surface area (Å²) in [6.07, 6.45) is 2.17. The monoisotopic (exact) mass is 327 g/mol. The van der Waals surface area contributed by atoms with Gasteiger partial charge in [-0.25, -0.2) is 0 Å². The summed E-state index contributed by atoms with van der Waals surface area (Å²) in [5.41, 5.74) is 0.671. The van der Waals surface area contributed by atoms with E-state index in [0.29, 0.717) is 18.0 Å². The van der Waals surface area contributed by atoms with Crippen LogP contribution in [-0.4, -0.2) is 24.4 Å². The number of rotatable bonds is 8. The second kappa shape index (κ2) is 8.97. The first kappa shape index (κ1) is 16.0. The fraction of sp³-hybridized carbons (Fsp3) is 0.533. The van der Waals surface area contributed by atoms with Gasteiger partial charge in [0, 0.05) is 17.4 Å². The first-order valence-electron chi connectivity index (χ1n) is 6.74. The molecule has 0 saturated heterocycles. The molecule has 106 valence electrons. The zero-order valence-electron chi connectivity index (χ0n) is 11.6. The zero-order valence-corrected chi connectivity index (χ0v) is 13.2. The fourth-order valence-electron chi connectivity index (χ4n) is 1.46. The summed E-state index contributed by atoms with van der Waals surface area (Å²) < 4.78 is 5.56. The molecule has 1 aromatic carbocycles. The molecule has 0 fully saturated rings. The maximum atomic E-state index is 11.9. The Bertz CT molecular complexity index is 378. The minimum absolute atomic E-state index is 0.0343. The largest absolute Gasteiger partial charge is 0.494 e. The van der Waals surface area contributed by atoms with E-state index in [1.165, 1.54) is 0 Å². The highest BCUT2D eigenvalue weighted by molar-refractivity contribution is 9.09. The molecule has 0 aliphatic heterocycles. The van der Waals surface area contributed by atoms with Crippen molar-refractivity contribution in [2.45, 2.75) is 26.7 Å². The van der Waals surface area contributed by atoms with Gasteiger partial charge in [-0.1, -0.05) is 36.2 Å². The van der Waals surface area contributed by atoms with Crippen LogP contribution in [0.2, 0.25) is 0 Å². The summed E-state index contributed by atoms with van der Waals surface area (Å²) in [7, 11) is 0. The van der Waals surface area contributed by atoms with E-state index in [9.17, 15) is 4.79 Å². The summed E-state index contributed by atoms with van der Waals surface area (Å²) in [4.78, 5) is 11.9. The standard InChI is InChI=1S/C15H22BrNO2/c1-3-4-9-19-14-7-5-13(6-8-14)15(18)17-11-12(2)10-16/h5-8,12H,3-4,9-11H2,1-2H3,(H,17,18). The second-order valence-electron chi connectivity index (χ2n) is 4.70. The van der Waals surface area contributed by atoms with Crippen LogP contribution in [0.1, 0.15) is 37.0 Å². The predicted octanol–water partition coefficient (Wildman–Crippen LogP) is 3.63. The van der Waals surface area contributed by atoms with Crippen LogP contribution < -0.4 is 10.1 Å². The van der Waals surface area contributed by atoms with Gasteiger partial charge in [0.1, 0.15) is 5.75 Å². The van der Waals surface area contributed by atoms with E-state index in [1.54, 1.807) is 12.1 Å². The Morgan fingerprint density at radius 2 is 2.05 bits per heavy atom. The smallest absolute Gasteiger partial charge is 0.251 e. The van der Waals surface area contributed by atoms with E-state index in [2.05, 4.69) is 35.1 Å². The van der Waals surface area contributed by atoms with Crippen molar-refractivity contribution in [3.63, 3.8) is 0 Å². The van der Waals surface area contributed by atoms with Gasteiger partial charge >= 0.3 is 0 Å². The van der Waals surface area contributed by atoms with E-state index >= 15 is 0 Å². The number of carbonyl (C=O) groups is 1. The Hall–Kier alpha value is -1.03. The van der Waals surface area contributed by atoms with E-state index in [0.717, 1.165) is 30.5 Å². The van der Waals surface area contributed by atoms with Crippen LogP contribution in [0.5, 0.6) is 5.75 Å². The molecule has 0 heterocycles. The molecule has 1 rings (SSSR count). The fourth-order valence-corrected chi connectivity index (χ4v) is 1.69. The Morgan fingerprint density at radius 3 is 2.63 bits per heavy atom. The van der Waals surface area contributed by atoms with Gasteiger partial charge in [-0.2, -0.15) is 0 Å². The van der Waals surface area contributed by atoms with Gasteiger partial charge in [0.2, 0.25) is 0 Å². The molecule has 4 heteroatoms. The van der Waals surface area contributed by atoms with Crippen LogP contribution in [0.25, 0.3) is 0 Å². The molecule has 1 unspecified atom stereocenters. The number of ether oxygens (including phenoxy) is 1. The van der Waals surface area contributed by atoms with Gasteiger partial charge in [-0.15, -0.1) is 0 Å². The summed E-state index contributed by atoms with van der Waals surface area (Å²) in [5.74, 6) is 1.22. The number of halogens is 1. The Kier molecular flexibility index (Phi) is 7.56. The normalized spacial score (nSPS) is 11.9. The Labute approximate surface area is 123 Å². The molecule has 1 N–H and O–H groups in total. The Morgan fingerprint density at radius 1 is 1.37 bits per heavy atom. The molecule has 1 aromatic rings. The van der Waals surface area contributed by atoms with Crippen LogP contribution >= 0.6 is 15.9 Å². The summed E-state index contributed by atoms with van der Waals surface area (Å²) in [5, 5.41) is 3.80. The molecule has 19 heavy (non-hydrogen) atoms. The van der Waals surface area contributed by atoms with Crippen LogP contribution in [0.3, 0.4) is 0 Å². The van der Waals surface area contributed by atoms with Crippen LogP contribution in [0, 0.1) is 5.92 Å². The SMILES string of the molecule is CCCCOc1ccc(C(=O)NCC(C)CBr)cc1. The van der Waals surface area contributed by atoms with E-state index in [-0.39, 0.29) is 5.91 Å². The molecule has 1 amide bonds. The second-order valence-corrected chi connectivity index (χ2v) is 5.34. The quantitative estimate of drug-likeness (QED) is 0.585. The van der Waals surface area contributed by atoms with E-state index in [4.69, 9.17) is 4.74 Å². The van der Waals surface area contributed by atoms with Crippen LogP contribution in [0.4, 0.5) is 0 Å². The third-order valence-electron chi connectivity index (χ3n) is 2.76. The average molecular weight is 328 g/mol. The van der Waals surface area contributed by atoms with Crippen molar-refractivity contribution < 1.29 is 9.53 Å². The summed E-state index contributed by atoms with van der Waals surface area (Å²) >= 11 is 3.39. The topological polar surface area (TPSA) is 38.3 Å². The van der Waals surface area contributed by atoms with E-state index in [1.807, 2.05) is 12.1 Å². The summed E-state index contributed by atoms with van der Waals surface area (Å²) in [6.45, 7) is 5.62. The minimum Gasteiger partial charge on any atom is -0.494 e. The van der Waals surface area contributed by atoms with Crippen molar-refractivity contribution in [2.75, 3.05) is 18.5 Å². The molecule has 0 aliphatic carbocycles. The zero-order chi connectivity index (χ0) is 14.1. The number of unbranched alkanes of at least 4 members (excludes halogenated alkanes) is 1. The lowest BCUT2D eigenvalue weighted by molar-refractivity contribution is 0.0949. The highest BCUT2D eigenvalue weighted by atomic mass is 79.9. The van der Waals surface area contributed by atoms with E-state index < -0.39 is 0 Å². The number of nitrogens with one attached hydrogen (secondary N) is 1. The van der Waals surface area contributed by atoms with Gasteiger partial charge in [-0.05, 0) is 36.6 Å². The van der Waals surface area contributed by atoms with Crippen LogP contribution in [0.15, 0.2) is 24.3 Å². The summed E-state index contributed by atoms with van der Waals surface area (Å²) in [6, 6.07) is 7.29. The van der Waals surface area contributed by atoms with Crippen molar-refractivity contribution in [3.05, 3.63) is 29.8 Å². The number of benzene rings is 1. The number of hydrogen-bond acceptors (Lipinski definition) is 2. The lowest BCUT2D eigenvalue weighted by atomic mass is 10.2. The van der Waals surface area contributed by atoms with Crippen molar-refractivity contribution in [3.8, 4) is 5.75 Å². The molecule has 0 aromatic heterocycles. The van der Waals surface area contributed by atoms with Gasteiger partial charge < -0.3 is 10.1 Å². The van der Waals surface area contributed by atoms with Crippen molar-refractivity contribution >= 4 is 21.8 Å². The predicted molar refractivity (Wildman–Crippen MR) is 82.1 cm³/mol. The average Bonchev–Trinajstić information content (AvgIpc) is 2.45. The molecular formula is C15H22BrNO2. The maximum Gasteiger partial charge on any atom is 0.251 e. The lowest BCUT2D eigenvalue weighted by Crippen LogP contribution is -2.28. The number of carbonyl (C=O) groups excluding carboxylic acids is 1. The first-order chi connectivity index (χ1) is 9.17. The molecule has 0 bridgehead atoms. The van der Waals surface area contributed by atoms with Crippen molar-refractivity contribution in [1.29, 1.82) is 0 Å². The molecule has 0 aliphatic rings. The molecular weight excluding hydrogens is 306 g/mol. The highest BCUT2D eigenvalue weighted by Gasteiger charge is 2.07. The third kappa shape index (κ3) is 6.10. The first-order valence-corrected chi connectivity index (χ1v) is 7.86. The van der Waals surface area contributed by atoms with Gasteiger partial charge in [0.05, 0.1) is 6.61 Å². The third-order valence-corrected chi connectivity index (χ3v) is 3.86. The van der Waals surface area contributed by atoms with Gasteiger partial charge in [0.25, 0.3) is 5.91 Å². The van der Waals surface area contributed by atoms with Gasteiger partial charge in [0.15, 0.2) is 0 Å². The molecule has 0 saturated carbocycles. The lowest BCUT2D eigenvalue weighted by Gasteiger charge is -2.10. The van der Waals surface area contributed by atoms with Crippen molar-refractivity contribution in [1.82, 2.24) is 5.32 Å². The molecule has 0 spiro atoms. The molecule has 3 nitrogen and oxygen atoms in total. The van der Waals surface area contributed by atoms with Crippen LogP contribution in [-0.2, 0) is 0 Å². The highest BCUT2D eigenvalue weighted by Crippen LogP contribution is 2.12.